The average Bonchev–Trinajstić information content (AvgIpc) is 3.49. The van der Waals surface area contributed by atoms with Gasteiger partial charge >= 0.3 is 6.03 Å². The van der Waals surface area contributed by atoms with Crippen LogP contribution in [0.25, 0.3) is 10.8 Å². The van der Waals surface area contributed by atoms with E-state index >= 15 is 0 Å². The third-order valence-corrected chi connectivity index (χ3v) is 5.53. The van der Waals surface area contributed by atoms with Gasteiger partial charge in [-0.1, -0.05) is 6.07 Å². The van der Waals surface area contributed by atoms with Crippen molar-refractivity contribution in [1.29, 1.82) is 0 Å². The number of urea groups is 1. The first-order valence-electron chi connectivity index (χ1n) is 9.71. The topological polar surface area (TPSA) is 134 Å². The number of aromatic nitrogens is 1. The molecule has 4 rings (SSSR count). The summed E-state index contributed by atoms with van der Waals surface area (Å²) < 4.78 is 5.60. The van der Waals surface area contributed by atoms with Crippen molar-refractivity contribution >= 4 is 46.5 Å². The van der Waals surface area contributed by atoms with E-state index < -0.39 is 11.9 Å². The number of nitrogens with one attached hydrogen (secondary N) is 3. The Bertz CT molecular complexity index is 1150. The molecule has 10 nitrogen and oxygen atoms in total. The number of carbonyl (C=O) groups excluding carboxylic acids is 4. The number of rotatable bonds is 7. The number of imide groups is 1. The van der Waals surface area contributed by atoms with Gasteiger partial charge in [-0.05, 0) is 42.6 Å². The van der Waals surface area contributed by atoms with Gasteiger partial charge in [-0.25, -0.2) is 9.78 Å². The van der Waals surface area contributed by atoms with Crippen LogP contribution in [-0.2, 0) is 9.59 Å². The summed E-state index contributed by atoms with van der Waals surface area (Å²) in [4.78, 5) is 53.8. The minimum atomic E-state index is -0.493. The summed E-state index contributed by atoms with van der Waals surface area (Å²) in [6, 6.07) is 9.79. The largest absolute Gasteiger partial charge is 0.440 e. The first kappa shape index (κ1) is 21.2. The molecule has 1 fully saturated rings. The van der Waals surface area contributed by atoms with E-state index in [1.807, 2.05) is 17.5 Å². The number of hydrogen-bond acceptors (Lipinski definition) is 7. The molecule has 164 valence electrons. The number of benzene rings is 1. The van der Waals surface area contributed by atoms with Crippen LogP contribution >= 0.6 is 11.3 Å². The van der Waals surface area contributed by atoms with Gasteiger partial charge in [0.15, 0.2) is 5.69 Å². The highest BCUT2D eigenvalue weighted by Crippen LogP contribution is 2.26. The van der Waals surface area contributed by atoms with Crippen LogP contribution in [0.1, 0.15) is 22.7 Å². The third kappa shape index (κ3) is 4.67. The van der Waals surface area contributed by atoms with Gasteiger partial charge in [0, 0.05) is 24.3 Å². The smallest absolute Gasteiger partial charge is 0.324 e. The number of thiophene rings is 1. The number of carbonyl (C=O) groups is 4. The molecule has 1 aromatic carbocycles. The van der Waals surface area contributed by atoms with Crippen molar-refractivity contribution in [3.8, 4) is 10.8 Å². The lowest BCUT2D eigenvalue weighted by Gasteiger charge is -2.12. The number of hydrogen-bond donors (Lipinski definition) is 3. The molecular weight excluding hydrogens is 434 g/mol. The van der Waals surface area contributed by atoms with E-state index in [2.05, 4.69) is 20.9 Å². The normalized spacial score (nSPS) is 13.2. The molecule has 32 heavy (non-hydrogen) atoms. The van der Waals surface area contributed by atoms with Crippen molar-refractivity contribution in [1.82, 2.24) is 15.2 Å². The van der Waals surface area contributed by atoms with Crippen LogP contribution in [0.2, 0.25) is 0 Å². The molecule has 2 aromatic heterocycles. The highest BCUT2D eigenvalue weighted by atomic mass is 32.1. The van der Waals surface area contributed by atoms with Gasteiger partial charge in [-0.2, -0.15) is 0 Å². The van der Waals surface area contributed by atoms with Gasteiger partial charge in [0.2, 0.25) is 17.7 Å². The minimum Gasteiger partial charge on any atom is -0.440 e. The zero-order valence-corrected chi connectivity index (χ0v) is 17.8. The molecule has 0 unspecified atom stereocenters. The Kier molecular flexibility index (Phi) is 5.99. The van der Waals surface area contributed by atoms with E-state index in [9.17, 15) is 19.2 Å². The number of oxazole rings is 1. The minimum absolute atomic E-state index is 0.00908. The molecule has 0 bridgehead atoms. The van der Waals surface area contributed by atoms with E-state index in [0.29, 0.717) is 23.0 Å². The molecule has 5 amide bonds. The molecule has 3 heterocycles. The Labute approximate surface area is 186 Å². The molecule has 0 spiro atoms. The maximum Gasteiger partial charge on any atom is 0.324 e. The molecule has 0 saturated carbocycles. The molecule has 3 aromatic rings. The van der Waals surface area contributed by atoms with Crippen LogP contribution in [0.15, 0.2) is 46.2 Å². The lowest BCUT2D eigenvalue weighted by molar-refractivity contribution is -0.125. The van der Waals surface area contributed by atoms with Crippen molar-refractivity contribution < 1.29 is 23.6 Å². The van der Waals surface area contributed by atoms with Crippen LogP contribution in [0.4, 0.5) is 16.2 Å². The highest BCUT2D eigenvalue weighted by Gasteiger charge is 2.28. The lowest BCUT2D eigenvalue weighted by Crippen LogP contribution is -2.33. The zero-order valence-electron chi connectivity index (χ0n) is 17.0. The number of anilines is 2. The third-order valence-electron chi connectivity index (χ3n) is 4.67. The summed E-state index contributed by atoms with van der Waals surface area (Å²) in [5.74, 6) is -0.283. The van der Waals surface area contributed by atoms with Crippen molar-refractivity contribution in [3.05, 3.63) is 53.2 Å². The molecule has 1 aliphatic rings. The SMILES string of the molecule is Cc1oc(-c2cccs2)nc1C(=O)Nc1ccc(NC(=O)CCN2C(=O)CNC2=O)cc1. The van der Waals surface area contributed by atoms with Gasteiger partial charge in [0.1, 0.15) is 5.76 Å². The van der Waals surface area contributed by atoms with Gasteiger partial charge in [-0.3, -0.25) is 19.3 Å². The number of amides is 5. The molecule has 0 aliphatic carbocycles. The van der Waals surface area contributed by atoms with E-state index in [1.165, 1.54) is 11.3 Å². The average molecular weight is 453 g/mol. The second-order valence-electron chi connectivity index (χ2n) is 6.93. The molecule has 11 heteroatoms. The molecule has 1 saturated heterocycles. The standard InChI is InChI=1S/C21H19N5O5S/c1-12-18(25-20(31-12)15-3-2-10-32-15)19(29)24-14-6-4-13(5-7-14)23-16(27)8-9-26-17(28)11-22-21(26)30/h2-7,10H,8-9,11H2,1H3,(H,22,30)(H,23,27)(H,24,29). The van der Waals surface area contributed by atoms with Crippen LogP contribution in [0.5, 0.6) is 0 Å². The summed E-state index contributed by atoms with van der Waals surface area (Å²) in [7, 11) is 0. The Balaban J connectivity index is 1.32. The van der Waals surface area contributed by atoms with E-state index in [-0.39, 0.29) is 37.0 Å². The second kappa shape index (κ2) is 9.02. The Hall–Kier alpha value is -3.99. The van der Waals surface area contributed by atoms with Crippen LogP contribution in [0.3, 0.4) is 0 Å². The van der Waals surface area contributed by atoms with Gasteiger partial charge in [-0.15, -0.1) is 11.3 Å². The highest BCUT2D eigenvalue weighted by molar-refractivity contribution is 7.13. The van der Waals surface area contributed by atoms with Crippen LogP contribution < -0.4 is 16.0 Å². The summed E-state index contributed by atoms with van der Waals surface area (Å²) in [5.41, 5.74) is 1.24. The molecule has 1 aliphatic heterocycles. The zero-order chi connectivity index (χ0) is 22.7. The summed E-state index contributed by atoms with van der Waals surface area (Å²) in [6.07, 6.45) is -0.0182. The molecule has 3 N–H and O–H groups in total. The maximum absolute atomic E-state index is 12.6. The quantitative estimate of drug-likeness (QED) is 0.471. The van der Waals surface area contributed by atoms with Crippen molar-refractivity contribution in [3.63, 3.8) is 0 Å². The van der Waals surface area contributed by atoms with Crippen molar-refractivity contribution in [2.24, 2.45) is 0 Å². The number of nitrogens with zero attached hydrogens (tertiary/aromatic N) is 2. The second-order valence-corrected chi connectivity index (χ2v) is 7.88. The molecular formula is C21H19N5O5S. The summed E-state index contributed by atoms with van der Waals surface area (Å²) in [6.45, 7) is 1.64. The summed E-state index contributed by atoms with van der Waals surface area (Å²) in [5, 5.41) is 9.74. The Morgan fingerprint density at radius 1 is 1.16 bits per heavy atom. The first-order chi connectivity index (χ1) is 15.4. The van der Waals surface area contributed by atoms with Crippen LogP contribution in [0, 0.1) is 6.92 Å². The van der Waals surface area contributed by atoms with Crippen LogP contribution in [-0.4, -0.2) is 46.7 Å². The van der Waals surface area contributed by atoms with Gasteiger partial charge < -0.3 is 20.4 Å². The van der Waals surface area contributed by atoms with Crippen molar-refractivity contribution in [2.45, 2.75) is 13.3 Å². The predicted octanol–water partition coefficient (Wildman–Crippen LogP) is 2.84. The van der Waals surface area contributed by atoms with E-state index in [4.69, 9.17) is 4.42 Å². The fourth-order valence-corrected chi connectivity index (χ4v) is 3.71. The maximum atomic E-state index is 12.6. The van der Waals surface area contributed by atoms with Crippen molar-refractivity contribution in [2.75, 3.05) is 23.7 Å². The van der Waals surface area contributed by atoms with E-state index in [1.54, 1.807) is 31.2 Å². The van der Waals surface area contributed by atoms with E-state index in [0.717, 1.165) is 9.78 Å². The fraction of sp³-hybridized carbons (Fsp3) is 0.190. The first-order valence-corrected chi connectivity index (χ1v) is 10.6. The monoisotopic (exact) mass is 453 g/mol. The van der Waals surface area contributed by atoms with Gasteiger partial charge in [0.05, 0.1) is 11.4 Å². The fourth-order valence-electron chi connectivity index (χ4n) is 3.06. The summed E-state index contributed by atoms with van der Waals surface area (Å²) >= 11 is 1.47. The predicted molar refractivity (Wildman–Crippen MR) is 117 cm³/mol. The Morgan fingerprint density at radius 3 is 2.50 bits per heavy atom. The molecule has 0 radical (unpaired) electrons. The Morgan fingerprint density at radius 2 is 1.88 bits per heavy atom. The van der Waals surface area contributed by atoms with Gasteiger partial charge in [0.25, 0.3) is 5.91 Å². The molecule has 0 atom stereocenters. The number of aryl methyl sites for hydroxylation is 1. The lowest BCUT2D eigenvalue weighted by atomic mass is 10.2.